The number of carbonyl (C=O) groups is 1. The van der Waals surface area contributed by atoms with Crippen LogP contribution in [-0.2, 0) is 0 Å². The maximum atomic E-state index is 12.8. The monoisotopic (exact) mass is 433 g/mol. The van der Waals surface area contributed by atoms with Gasteiger partial charge in [-0.25, -0.2) is 15.4 Å². The Balaban J connectivity index is 1.96. The molecule has 0 aliphatic carbocycles. The molecule has 0 aliphatic rings. The number of anilines is 3. The van der Waals surface area contributed by atoms with Crippen LogP contribution in [-0.4, -0.2) is 27.0 Å². The van der Waals surface area contributed by atoms with Gasteiger partial charge < -0.3 is 16.4 Å². The number of nitrogens with one attached hydrogen (secondary N) is 2. The molecule has 0 unspecified atom stereocenters. The molecular weight excluding hydrogens is 416 g/mol. The number of amides is 1. The van der Waals surface area contributed by atoms with E-state index in [9.17, 15) is 4.79 Å². The van der Waals surface area contributed by atoms with Crippen molar-refractivity contribution in [2.45, 2.75) is 13.3 Å². The van der Waals surface area contributed by atoms with E-state index in [1.807, 2.05) is 12.1 Å². The average Bonchev–Trinajstić information content (AvgIpc) is 3.05. The molecule has 6 N–H and O–H groups in total. The van der Waals surface area contributed by atoms with Crippen molar-refractivity contribution >= 4 is 65.2 Å². The second-order valence-electron chi connectivity index (χ2n) is 5.54. The van der Waals surface area contributed by atoms with Gasteiger partial charge in [-0.2, -0.15) is 0 Å². The van der Waals surface area contributed by atoms with Gasteiger partial charge in [0.15, 0.2) is 0 Å². The van der Waals surface area contributed by atoms with Crippen molar-refractivity contribution in [3.63, 3.8) is 0 Å². The lowest BCUT2D eigenvalue weighted by Gasteiger charge is -2.13. The number of rotatable bonds is 6. The molecule has 1 amide bonds. The Hall–Kier alpha value is -2.52. The van der Waals surface area contributed by atoms with Crippen LogP contribution in [0.2, 0.25) is 0 Å². The molecule has 0 aliphatic heterocycles. The second-order valence-corrected chi connectivity index (χ2v) is 7.28. The van der Waals surface area contributed by atoms with Crippen molar-refractivity contribution in [1.29, 1.82) is 0 Å². The summed E-state index contributed by atoms with van der Waals surface area (Å²) in [6.07, 6.45) is 2.33. The van der Waals surface area contributed by atoms with Crippen LogP contribution in [0.4, 0.5) is 17.2 Å². The fourth-order valence-corrected chi connectivity index (χ4v) is 3.87. The molecule has 26 heavy (non-hydrogen) atoms. The van der Waals surface area contributed by atoms with Crippen LogP contribution in [0.25, 0.3) is 10.2 Å². The molecule has 2 heterocycles. The van der Waals surface area contributed by atoms with E-state index in [2.05, 4.69) is 43.5 Å². The van der Waals surface area contributed by atoms with E-state index in [1.165, 1.54) is 17.7 Å². The first-order chi connectivity index (χ1) is 12.5. The average molecular weight is 434 g/mol. The van der Waals surface area contributed by atoms with Crippen LogP contribution in [0.1, 0.15) is 29.3 Å². The van der Waals surface area contributed by atoms with Gasteiger partial charge in [-0.15, -0.1) is 11.3 Å². The smallest absolute Gasteiger partial charge is 0.258 e. The quantitative estimate of drug-likeness (QED) is 0.444. The molecule has 9 heteroatoms. The van der Waals surface area contributed by atoms with Gasteiger partial charge in [-0.1, -0.05) is 13.0 Å². The minimum Gasteiger partial charge on any atom is -0.384 e. The second kappa shape index (κ2) is 7.79. The van der Waals surface area contributed by atoms with Crippen LogP contribution >= 0.6 is 27.3 Å². The van der Waals surface area contributed by atoms with Gasteiger partial charge in [0, 0.05) is 27.9 Å². The molecule has 2 aromatic heterocycles. The Morgan fingerprint density at radius 1 is 1.35 bits per heavy atom. The molecule has 0 spiro atoms. The molecule has 3 rings (SSSR count). The zero-order chi connectivity index (χ0) is 18.7. The molecule has 0 saturated carbocycles. The first-order valence-corrected chi connectivity index (χ1v) is 9.64. The number of aromatic nitrogens is 2. The molecule has 0 bridgehead atoms. The summed E-state index contributed by atoms with van der Waals surface area (Å²) in [5.41, 5.74) is 9.00. The van der Waals surface area contributed by atoms with E-state index in [4.69, 9.17) is 11.1 Å². The summed E-state index contributed by atoms with van der Waals surface area (Å²) in [4.78, 5) is 20.9. The summed E-state index contributed by atoms with van der Waals surface area (Å²) in [6.45, 7) is 2.88. The predicted molar refractivity (Wildman–Crippen MR) is 110 cm³/mol. The largest absolute Gasteiger partial charge is 0.384 e. The highest BCUT2D eigenvalue weighted by Gasteiger charge is 2.20. The van der Waals surface area contributed by atoms with Crippen LogP contribution in [0.3, 0.4) is 0 Å². The van der Waals surface area contributed by atoms with E-state index in [-0.39, 0.29) is 5.91 Å². The van der Waals surface area contributed by atoms with Crippen LogP contribution in [0.15, 0.2) is 29.9 Å². The summed E-state index contributed by atoms with van der Waals surface area (Å²) >= 11 is 4.67. The SMILES string of the molecule is CCCNc1cccc(NC(=O)c2csc3c(N)ncnc23)c1C(=[NH2+])Br. The summed E-state index contributed by atoms with van der Waals surface area (Å²) < 4.78 is 1.14. The Bertz CT molecular complexity index is 987. The van der Waals surface area contributed by atoms with Crippen LogP contribution < -0.4 is 21.8 Å². The first-order valence-electron chi connectivity index (χ1n) is 7.97. The normalized spacial score (nSPS) is 10.7. The molecule has 0 saturated heterocycles. The van der Waals surface area contributed by atoms with E-state index >= 15 is 0 Å². The zero-order valence-corrected chi connectivity index (χ0v) is 16.4. The van der Waals surface area contributed by atoms with Gasteiger partial charge in [0.05, 0.1) is 32.7 Å². The Morgan fingerprint density at radius 3 is 2.85 bits per heavy atom. The molecule has 0 atom stereocenters. The third kappa shape index (κ3) is 3.54. The lowest BCUT2D eigenvalue weighted by atomic mass is 10.1. The lowest BCUT2D eigenvalue weighted by molar-refractivity contribution is -0.106. The van der Waals surface area contributed by atoms with Crippen LogP contribution in [0.5, 0.6) is 0 Å². The van der Waals surface area contributed by atoms with E-state index in [0.717, 1.165) is 18.7 Å². The zero-order valence-electron chi connectivity index (χ0n) is 14.0. The maximum absolute atomic E-state index is 12.8. The van der Waals surface area contributed by atoms with Crippen LogP contribution in [0, 0.1) is 0 Å². The van der Waals surface area contributed by atoms with Gasteiger partial charge in [0.25, 0.3) is 10.5 Å². The Kier molecular flexibility index (Phi) is 5.48. The lowest BCUT2D eigenvalue weighted by Crippen LogP contribution is -2.37. The van der Waals surface area contributed by atoms with Gasteiger partial charge in [0.1, 0.15) is 12.1 Å². The number of thiophene rings is 1. The number of halogens is 1. The van der Waals surface area contributed by atoms with E-state index in [1.54, 1.807) is 11.4 Å². The molecule has 1 aromatic carbocycles. The number of fused-ring (bicyclic) bond motifs is 1. The molecular formula is C17H18BrN6OS+. The number of nitrogen functional groups attached to an aromatic ring is 1. The van der Waals surface area contributed by atoms with Crippen molar-refractivity contribution in [3.8, 4) is 0 Å². The number of hydrogen-bond donors (Lipinski definition) is 4. The summed E-state index contributed by atoms with van der Waals surface area (Å²) in [7, 11) is 0. The van der Waals surface area contributed by atoms with Crippen molar-refractivity contribution in [2.24, 2.45) is 0 Å². The fraction of sp³-hybridized carbons (Fsp3) is 0.176. The fourth-order valence-electron chi connectivity index (χ4n) is 2.54. The predicted octanol–water partition coefficient (Wildman–Crippen LogP) is 2.25. The van der Waals surface area contributed by atoms with Crippen molar-refractivity contribution in [3.05, 3.63) is 41.0 Å². The standard InChI is InChI=1S/C17H17BrN6OS/c1-2-6-21-10-4-3-5-11(12(10)15(18)19)24-17(25)9-7-26-14-13(9)22-8-23-16(14)20/h3-5,7-8,19,21H,2,6H2,1H3,(H,24,25)(H2,20,22,23)/p+1. The van der Waals surface area contributed by atoms with Crippen molar-refractivity contribution in [2.75, 3.05) is 22.9 Å². The first kappa shape index (κ1) is 18.3. The van der Waals surface area contributed by atoms with E-state index in [0.29, 0.717) is 37.5 Å². The number of carbonyl (C=O) groups excluding carboxylic acids is 1. The third-order valence-corrected chi connectivity index (χ3v) is 5.13. The minimum absolute atomic E-state index is 0.281. The van der Waals surface area contributed by atoms with E-state index < -0.39 is 0 Å². The molecule has 7 nitrogen and oxygen atoms in total. The molecule has 0 radical (unpaired) electrons. The number of nitrogens with two attached hydrogens (primary N) is 2. The highest BCUT2D eigenvalue weighted by atomic mass is 79.9. The number of benzene rings is 1. The highest BCUT2D eigenvalue weighted by Crippen LogP contribution is 2.30. The van der Waals surface area contributed by atoms with Gasteiger partial charge >= 0.3 is 0 Å². The topological polar surface area (TPSA) is 119 Å². The van der Waals surface area contributed by atoms with Gasteiger partial charge in [-0.05, 0) is 18.6 Å². The summed E-state index contributed by atoms with van der Waals surface area (Å²) in [6, 6.07) is 5.58. The third-order valence-electron chi connectivity index (χ3n) is 3.74. The maximum Gasteiger partial charge on any atom is 0.258 e. The summed E-state index contributed by atoms with van der Waals surface area (Å²) in [5.74, 6) is 0.0838. The van der Waals surface area contributed by atoms with Gasteiger partial charge in [-0.3, -0.25) is 4.79 Å². The minimum atomic E-state index is -0.281. The van der Waals surface area contributed by atoms with Crippen molar-refractivity contribution in [1.82, 2.24) is 9.97 Å². The Labute approximate surface area is 162 Å². The molecule has 134 valence electrons. The number of hydrogen-bond acceptors (Lipinski definition) is 6. The highest BCUT2D eigenvalue weighted by molar-refractivity contribution is 9.18. The molecule has 0 fully saturated rings. The Morgan fingerprint density at radius 2 is 2.12 bits per heavy atom. The number of nitrogens with zero attached hydrogens (tertiary/aromatic N) is 2. The molecule has 3 aromatic rings. The van der Waals surface area contributed by atoms with Crippen molar-refractivity contribution < 1.29 is 10.2 Å². The summed E-state index contributed by atoms with van der Waals surface area (Å²) in [5, 5.41) is 14.0. The van der Waals surface area contributed by atoms with Gasteiger partial charge in [0.2, 0.25) is 0 Å².